The van der Waals surface area contributed by atoms with Gasteiger partial charge in [0.1, 0.15) is 12.1 Å². The Kier molecular flexibility index (Phi) is 12.7. The van der Waals surface area contributed by atoms with Crippen molar-refractivity contribution in [2.75, 3.05) is 27.3 Å². The van der Waals surface area contributed by atoms with Gasteiger partial charge in [-0.15, -0.1) is 0 Å². The fourth-order valence-electron chi connectivity index (χ4n) is 11.9. The van der Waals surface area contributed by atoms with Gasteiger partial charge in [0.05, 0.1) is 32.0 Å². The van der Waals surface area contributed by atoms with Crippen LogP contribution in [-0.4, -0.2) is 96.7 Å². The number of alkyl carbamates (subject to hydrolysis) is 2. The topological polar surface area (TPSA) is 142 Å². The van der Waals surface area contributed by atoms with Gasteiger partial charge in [0.15, 0.2) is 0 Å². The summed E-state index contributed by atoms with van der Waals surface area (Å²) in [4.78, 5) is 66.2. The number of benzene rings is 3. The largest absolute Gasteiger partial charge is 0.453 e. The molecule has 348 valence electrons. The van der Waals surface area contributed by atoms with Gasteiger partial charge >= 0.3 is 12.2 Å². The van der Waals surface area contributed by atoms with E-state index in [0.717, 1.165) is 41.1 Å². The molecule has 0 spiro atoms. The van der Waals surface area contributed by atoms with Crippen molar-refractivity contribution in [3.63, 3.8) is 0 Å². The number of hydrogen-bond donors (Lipinski definition) is 2. The van der Waals surface area contributed by atoms with Gasteiger partial charge in [-0.3, -0.25) is 19.6 Å². The smallest absolute Gasteiger partial charge is 0.407 e. The van der Waals surface area contributed by atoms with Crippen LogP contribution < -0.4 is 10.6 Å². The first-order valence-corrected chi connectivity index (χ1v) is 24.3. The lowest BCUT2D eigenvalue weighted by atomic mass is 9.63. The SMILES string of the molecule is COC(=O)N[C@H](C(=O)N1C[C@@H](C)C[C@H]1C1=NC=C(c2ccc(-c3ccc(-c4ccc5c(c4)CC([C@@H]4C[C@H](C)CN4C(=O)[C@@H](NC(=O)OC)C(C)C)=N5)c4c3C3CCC4CC3)cc2)C1)C(C)C. The van der Waals surface area contributed by atoms with Gasteiger partial charge < -0.3 is 29.9 Å². The molecule has 12 heteroatoms. The maximum atomic E-state index is 14.0. The average molecular weight is 895 g/mol. The minimum atomic E-state index is -0.670. The van der Waals surface area contributed by atoms with E-state index in [9.17, 15) is 19.2 Å². The first-order chi connectivity index (χ1) is 31.7. The predicted molar refractivity (Wildman–Crippen MR) is 259 cm³/mol. The van der Waals surface area contributed by atoms with Crippen LogP contribution in [0.25, 0.3) is 27.8 Å². The van der Waals surface area contributed by atoms with Gasteiger partial charge in [-0.25, -0.2) is 9.59 Å². The zero-order chi connectivity index (χ0) is 46.6. The maximum absolute atomic E-state index is 14.0. The van der Waals surface area contributed by atoms with Crippen LogP contribution in [0, 0.1) is 23.7 Å². The predicted octanol–water partition coefficient (Wildman–Crippen LogP) is 9.82. The Morgan fingerprint density at radius 2 is 1.12 bits per heavy atom. The molecule has 0 radical (unpaired) electrons. The molecule has 12 nitrogen and oxygen atoms in total. The number of aliphatic imine (C=N–C) groups is 2. The molecule has 7 aliphatic rings. The Bertz CT molecular complexity index is 2500. The highest BCUT2D eigenvalue weighted by atomic mass is 16.5. The van der Waals surface area contributed by atoms with Gasteiger partial charge in [0.25, 0.3) is 0 Å². The number of likely N-dealkylation sites (tertiary alicyclic amines) is 2. The van der Waals surface area contributed by atoms with Gasteiger partial charge in [0, 0.05) is 43.6 Å². The minimum absolute atomic E-state index is 0.0807. The van der Waals surface area contributed by atoms with Gasteiger partial charge in [-0.2, -0.15) is 0 Å². The molecule has 3 fully saturated rings. The fourth-order valence-corrected chi connectivity index (χ4v) is 11.9. The molecule has 3 aromatic rings. The summed E-state index contributed by atoms with van der Waals surface area (Å²) in [5.41, 5.74) is 14.6. The van der Waals surface area contributed by atoms with E-state index in [2.05, 4.69) is 79.1 Å². The fraction of sp³-hybridized carbons (Fsp3) is 0.519. The molecule has 0 unspecified atom stereocenters. The highest BCUT2D eigenvalue weighted by Crippen LogP contribution is 2.55. The first-order valence-electron chi connectivity index (χ1n) is 24.3. The molecule has 2 bridgehead atoms. The van der Waals surface area contributed by atoms with E-state index in [1.54, 1.807) is 0 Å². The lowest BCUT2D eigenvalue weighted by Crippen LogP contribution is -2.53. The van der Waals surface area contributed by atoms with Crippen molar-refractivity contribution in [2.24, 2.45) is 33.7 Å². The van der Waals surface area contributed by atoms with Crippen LogP contribution in [0.5, 0.6) is 0 Å². The van der Waals surface area contributed by atoms with E-state index in [1.165, 1.54) is 78.8 Å². The number of carbonyl (C=O) groups is 4. The molecule has 10 rings (SSSR count). The number of rotatable bonds is 11. The summed E-state index contributed by atoms with van der Waals surface area (Å²) < 4.78 is 9.70. The lowest BCUT2D eigenvalue weighted by molar-refractivity contribution is -0.135. The number of carbonyl (C=O) groups excluding carboxylic acids is 4. The zero-order valence-electron chi connectivity index (χ0n) is 39.9. The van der Waals surface area contributed by atoms with Gasteiger partial charge in [-0.1, -0.05) is 84.0 Å². The van der Waals surface area contributed by atoms with E-state index in [0.29, 0.717) is 49.6 Å². The van der Waals surface area contributed by atoms with E-state index >= 15 is 0 Å². The van der Waals surface area contributed by atoms with Crippen LogP contribution >= 0.6 is 0 Å². The molecule has 0 aromatic heterocycles. The van der Waals surface area contributed by atoms with Crippen molar-refractivity contribution >= 4 is 46.7 Å². The van der Waals surface area contributed by atoms with Crippen LogP contribution in [0.15, 0.2) is 70.8 Å². The van der Waals surface area contributed by atoms with Crippen molar-refractivity contribution in [2.45, 2.75) is 129 Å². The van der Waals surface area contributed by atoms with E-state index in [-0.39, 0.29) is 35.7 Å². The third-order valence-corrected chi connectivity index (χ3v) is 15.3. The van der Waals surface area contributed by atoms with Crippen LogP contribution in [0.1, 0.15) is 121 Å². The summed E-state index contributed by atoms with van der Waals surface area (Å²) in [7, 11) is 2.64. The summed E-state index contributed by atoms with van der Waals surface area (Å²) >= 11 is 0. The van der Waals surface area contributed by atoms with Crippen molar-refractivity contribution in [1.82, 2.24) is 20.4 Å². The maximum Gasteiger partial charge on any atom is 0.407 e. The summed E-state index contributed by atoms with van der Waals surface area (Å²) in [5, 5.41) is 5.55. The molecule has 4 heterocycles. The molecule has 1 saturated carbocycles. The van der Waals surface area contributed by atoms with Crippen molar-refractivity contribution < 1.29 is 28.7 Å². The van der Waals surface area contributed by atoms with Gasteiger partial charge in [0.2, 0.25) is 11.8 Å². The molecule has 4 aliphatic heterocycles. The Labute approximate surface area is 389 Å². The minimum Gasteiger partial charge on any atom is -0.453 e. The second-order valence-corrected chi connectivity index (χ2v) is 20.6. The van der Waals surface area contributed by atoms with E-state index in [4.69, 9.17) is 19.5 Å². The third-order valence-electron chi connectivity index (χ3n) is 15.3. The monoisotopic (exact) mass is 895 g/mol. The van der Waals surface area contributed by atoms with Gasteiger partial charge in [-0.05, 0) is 136 Å². The summed E-state index contributed by atoms with van der Waals surface area (Å²) in [5.74, 6) is 1.36. The number of fused-ring (bicyclic) bond motifs is 3. The van der Waals surface area contributed by atoms with Crippen molar-refractivity contribution in [3.8, 4) is 22.3 Å². The Hall–Kier alpha value is -5.78. The molecule has 66 heavy (non-hydrogen) atoms. The summed E-state index contributed by atoms with van der Waals surface area (Å²) in [6.45, 7) is 13.4. The second kappa shape index (κ2) is 18.5. The Morgan fingerprint density at radius 3 is 1.64 bits per heavy atom. The number of amides is 4. The quantitative estimate of drug-likeness (QED) is 0.196. The van der Waals surface area contributed by atoms with Crippen LogP contribution in [0.3, 0.4) is 0 Å². The van der Waals surface area contributed by atoms with Crippen LogP contribution in [0.2, 0.25) is 0 Å². The molecule has 2 N–H and O–H groups in total. The average Bonchev–Trinajstić information content (AvgIpc) is 4.15. The van der Waals surface area contributed by atoms with Crippen molar-refractivity contribution in [3.05, 3.63) is 83.1 Å². The molecule has 3 aromatic carbocycles. The van der Waals surface area contributed by atoms with E-state index in [1.807, 2.05) is 43.7 Å². The Morgan fingerprint density at radius 1 is 0.636 bits per heavy atom. The number of nitrogens with one attached hydrogen (secondary N) is 2. The first kappa shape index (κ1) is 45.4. The number of ether oxygens (including phenoxy) is 2. The molecule has 2 saturated heterocycles. The standard InChI is InChI=1S/C54H66N6O6/c1-29(2)49(57-53(63)65-7)51(61)59-27-31(5)21-45(59)43-25-39(26-55-43)33-9-11-34(12-10-33)40-18-19-41(48-36-15-13-35(14-16-36)47(40)48)37-17-20-42-38(23-37)24-44(56-42)46-22-32(6)28-60(46)52(62)50(30(3)4)58-54(64)66-8/h9-12,17-20,23,26,29-32,35-36,45-46,49-50H,13-16,21-22,24-25,27-28H2,1-8H3,(H,57,63)(H,58,64)/t31-,32-,35?,36?,45-,46-,49-,50-/m0/s1. The normalized spacial score (nSPS) is 25.0. The number of nitrogens with zero attached hydrogens (tertiary/aromatic N) is 4. The highest BCUT2D eigenvalue weighted by molar-refractivity contribution is 6.04. The van der Waals surface area contributed by atoms with Crippen LogP contribution in [-0.2, 0) is 25.5 Å². The van der Waals surface area contributed by atoms with E-state index < -0.39 is 24.3 Å². The molecular formula is C54H66N6O6. The highest BCUT2D eigenvalue weighted by Gasteiger charge is 2.43. The van der Waals surface area contributed by atoms with Crippen molar-refractivity contribution in [1.29, 1.82) is 0 Å². The second-order valence-electron chi connectivity index (χ2n) is 20.6. The summed E-state index contributed by atoms with van der Waals surface area (Å²) in [6.07, 6.45) is 8.73. The lowest BCUT2D eigenvalue weighted by Gasteiger charge is -2.41. The Balaban J connectivity index is 0.921. The number of allylic oxidation sites excluding steroid dienone is 1. The molecule has 6 atom stereocenters. The zero-order valence-corrected chi connectivity index (χ0v) is 39.9. The summed E-state index contributed by atoms with van der Waals surface area (Å²) in [6, 6.07) is 18.9. The molecular weight excluding hydrogens is 829 g/mol. The third kappa shape index (κ3) is 8.56. The molecule has 4 amide bonds. The van der Waals surface area contributed by atoms with Crippen LogP contribution in [0.4, 0.5) is 15.3 Å². The number of methoxy groups -OCH3 is 2. The molecule has 3 aliphatic carbocycles. The number of hydrogen-bond acceptors (Lipinski definition) is 8.